The molecule has 5 nitrogen and oxygen atoms in total. The predicted octanol–water partition coefficient (Wildman–Crippen LogP) is -0.276. The first-order valence-corrected chi connectivity index (χ1v) is 5.86. The minimum atomic E-state index is -0.556. The minimum Gasteiger partial charge on any atom is -0.396 e. The van der Waals surface area contributed by atoms with Gasteiger partial charge in [-0.2, -0.15) is 0 Å². The number of amides is 1. The Labute approximate surface area is 96.6 Å². The lowest BCUT2D eigenvalue weighted by molar-refractivity contribution is -0.134. The molecule has 0 spiro atoms. The van der Waals surface area contributed by atoms with E-state index in [1.165, 1.54) is 0 Å². The Morgan fingerprint density at radius 2 is 2.44 bits per heavy atom. The van der Waals surface area contributed by atoms with Gasteiger partial charge in [0.1, 0.15) is 6.04 Å². The molecule has 2 atom stereocenters. The number of nitrogens with two attached hydrogens (primary N) is 1. The zero-order chi connectivity index (χ0) is 12.0. The van der Waals surface area contributed by atoms with Gasteiger partial charge in [-0.05, 0) is 25.7 Å². The second-order valence-corrected chi connectivity index (χ2v) is 4.26. The standard InChI is InChI=1S/C11H22N2O3/c1-16-8-10(12)11(15)13-6-2-4-9(13)5-3-7-14/h9-10,14H,2-8,12H2,1H3. The molecule has 1 aliphatic heterocycles. The molecule has 0 aromatic heterocycles. The molecule has 1 rings (SSSR count). The first-order valence-electron chi connectivity index (χ1n) is 5.86. The Balaban J connectivity index is 2.46. The molecule has 3 N–H and O–H groups in total. The second kappa shape index (κ2) is 6.83. The van der Waals surface area contributed by atoms with E-state index >= 15 is 0 Å². The quantitative estimate of drug-likeness (QED) is 0.658. The first kappa shape index (κ1) is 13.4. The summed E-state index contributed by atoms with van der Waals surface area (Å²) in [5, 5.41) is 8.80. The van der Waals surface area contributed by atoms with E-state index in [4.69, 9.17) is 15.6 Å². The third kappa shape index (κ3) is 3.43. The van der Waals surface area contributed by atoms with Gasteiger partial charge < -0.3 is 20.5 Å². The molecule has 1 heterocycles. The van der Waals surface area contributed by atoms with Gasteiger partial charge in [0.25, 0.3) is 0 Å². The number of ether oxygens (including phenoxy) is 1. The third-order valence-electron chi connectivity index (χ3n) is 3.02. The highest BCUT2D eigenvalue weighted by molar-refractivity contribution is 5.82. The fourth-order valence-corrected chi connectivity index (χ4v) is 2.22. The SMILES string of the molecule is COCC(N)C(=O)N1CCCC1CCCO. The summed E-state index contributed by atoms with van der Waals surface area (Å²) in [6.07, 6.45) is 3.66. The number of hydrogen-bond acceptors (Lipinski definition) is 4. The monoisotopic (exact) mass is 230 g/mol. The Kier molecular flexibility index (Phi) is 5.73. The summed E-state index contributed by atoms with van der Waals surface area (Å²) in [6, 6.07) is -0.303. The number of carbonyl (C=O) groups excluding carboxylic acids is 1. The zero-order valence-electron chi connectivity index (χ0n) is 9.89. The van der Waals surface area contributed by atoms with Crippen molar-refractivity contribution in [2.24, 2.45) is 5.73 Å². The number of nitrogens with zero attached hydrogens (tertiary/aromatic N) is 1. The van der Waals surface area contributed by atoms with E-state index in [-0.39, 0.29) is 25.2 Å². The molecule has 2 unspecified atom stereocenters. The van der Waals surface area contributed by atoms with Crippen molar-refractivity contribution >= 4 is 5.91 Å². The van der Waals surface area contributed by atoms with E-state index < -0.39 is 6.04 Å². The summed E-state index contributed by atoms with van der Waals surface area (Å²) in [4.78, 5) is 13.8. The zero-order valence-corrected chi connectivity index (χ0v) is 9.89. The van der Waals surface area contributed by atoms with Crippen molar-refractivity contribution in [3.8, 4) is 0 Å². The molecule has 0 aromatic rings. The third-order valence-corrected chi connectivity index (χ3v) is 3.02. The Hall–Kier alpha value is -0.650. The molecule has 16 heavy (non-hydrogen) atoms. The van der Waals surface area contributed by atoms with Crippen LogP contribution in [-0.4, -0.2) is 54.9 Å². The van der Waals surface area contributed by atoms with Crippen molar-refractivity contribution < 1.29 is 14.6 Å². The number of likely N-dealkylation sites (tertiary alicyclic amines) is 1. The molecule has 1 fully saturated rings. The van der Waals surface area contributed by atoms with Gasteiger partial charge in [0, 0.05) is 26.3 Å². The van der Waals surface area contributed by atoms with Crippen LogP contribution in [0.2, 0.25) is 0 Å². The van der Waals surface area contributed by atoms with E-state index in [1.807, 2.05) is 4.90 Å². The van der Waals surface area contributed by atoms with Gasteiger partial charge in [0.2, 0.25) is 5.91 Å². The molecule has 0 aliphatic carbocycles. The summed E-state index contributed by atoms with van der Waals surface area (Å²) in [5.74, 6) is -0.0257. The van der Waals surface area contributed by atoms with Crippen molar-refractivity contribution in [2.75, 3.05) is 26.9 Å². The summed E-state index contributed by atoms with van der Waals surface area (Å²) >= 11 is 0. The molecular formula is C11H22N2O3. The van der Waals surface area contributed by atoms with Crippen LogP contribution in [0, 0.1) is 0 Å². The molecular weight excluding hydrogens is 208 g/mol. The predicted molar refractivity (Wildman–Crippen MR) is 60.9 cm³/mol. The molecule has 1 aliphatic rings. The van der Waals surface area contributed by atoms with Gasteiger partial charge in [-0.3, -0.25) is 4.79 Å². The van der Waals surface area contributed by atoms with Gasteiger partial charge in [-0.25, -0.2) is 0 Å². The van der Waals surface area contributed by atoms with E-state index in [1.54, 1.807) is 7.11 Å². The Morgan fingerprint density at radius 3 is 3.06 bits per heavy atom. The van der Waals surface area contributed by atoms with Crippen LogP contribution in [0.1, 0.15) is 25.7 Å². The molecule has 94 valence electrons. The average molecular weight is 230 g/mol. The van der Waals surface area contributed by atoms with Crippen molar-refractivity contribution in [2.45, 2.75) is 37.8 Å². The number of rotatable bonds is 6. The lowest BCUT2D eigenvalue weighted by atomic mass is 10.1. The molecule has 0 radical (unpaired) electrons. The van der Waals surface area contributed by atoms with Crippen molar-refractivity contribution in [3.63, 3.8) is 0 Å². The smallest absolute Gasteiger partial charge is 0.242 e. The number of hydrogen-bond donors (Lipinski definition) is 2. The first-order chi connectivity index (χ1) is 7.70. The van der Waals surface area contributed by atoms with Gasteiger partial charge in [-0.1, -0.05) is 0 Å². The molecule has 5 heteroatoms. The van der Waals surface area contributed by atoms with Crippen LogP contribution in [0.4, 0.5) is 0 Å². The van der Waals surface area contributed by atoms with Crippen LogP contribution in [-0.2, 0) is 9.53 Å². The van der Waals surface area contributed by atoms with Crippen LogP contribution < -0.4 is 5.73 Å². The molecule has 1 amide bonds. The normalized spacial score (nSPS) is 22.4. The fourth-order valence-electron chi connectivity index (χ4n) is 2.22. The molecule has 0 saturated carbocycles. The summed E-state index contributed by atoms with van der Waals surface area (Å²) in [5.41, 5.74) is 5.73. The van der Waals surface area contributed by atoms with Crippen LogP contribution in [0.25, 0.3) is 0 Å². The van der Waals surface area contributed by atoms with Crippen LogP contribution in [0.15, 0.2) is 0 Å². The number of carbonyl (C=O) groups is 1. The molecule has 0 aromatic carbocycles. The highest BCUT2D eigenvalue weighted by atomic mass is 16.5. The van der Waals surface area contributed by atoms with Crippen molar-refractivity contribution in [1.82, 2.24) is 4.90 Å². The number of aliphatic hydroxyl groups excluding tert-OH is 1. The summed E-state index contributed by atoms with van der Waals surface area (Å²) in [7, 11) is 1.54. The topological polar surface area (TPSA) is 75.8 Å². The van der Waals surface area contributed by atoms with Crippen LogP contribution in [0.5, 0.6) is 0 Å². The summed E-state index contributed by atoms with van der Waals surface area (Å²) < 4.78 is 4.89. The van der Waals surface area contributed by atoms with Crippen molar-refractivity contribution in [3.05, 3.63) is 0 Å². The van der Waals surface area contributed by atoms with E-state index in [0.29, 0.717) is 0 Å². The second-order valence-electron chi connectivity index (χ2n) is 4.26. The largest absolute Gasteiger partial charge is 0.396 e. The van der Waals surface area contributed by atoms with Gasteiger partial charge in [0.15, 0.2) is 0 Å². The van der Waals surface area contributed by atoms with E-state index in [2.05, 4.69) is 0 Å². The van der Waals surface area contributed by atoms with Crippen LogP contribution in [0.3, 0.4) is 0 Å². The van der Waals surface area contributed by atoms with Crippen LogP contribution >= 0.6 is 0 Å². The molecule has 0 bridgehead atoms. The van der Waals surface area contributed by atoms with E-state index in [9.17, 15) is 4.79 Å². The fraction of sp³-hybridized carbons (Fsp3) is 0.909. The maximum Gasteiger partial charge on any atom is 0.242 e. The van der Waals surface area contributed by atoms with Crippen molar-refractivity contribution in [1.29, 1.82) is 0 Å². The number of aliphatic hydroxyl groups is 1. The highest BCUT2D eigenvalue weighted by Crippen LogP contribution is 2.21. The Bertz CT molecular complexity index is 223. The number of methoxy groups -OCH3 is 1. The summed E-state index contributed by atoms with van der Waals surface area (Å²) in [6.45, 7) is 1.23. The van der Waals surface area contributed by atoms with Gasteiger partial charge in [-0.15, -0.1) is 0 Å². The average Bonchev–Trinajstić information content (AvgIpc) is 2.73. The maximum atomic E-state index is 12.0. The Morgan fingerprint density at radius 1 is 1.69 bits per heavy atom. The highest BCUT2D eigenvalue weighted by Gasteiger charge is 2.30. The van der Waals surface area contributed by atoms with E-state index in [0.717, 1.165) is 32.2 Å². The molecule has 1 saturated heterocycles. The minimum absolute atomic E-state index is 0.0257. The lowest BCUT2D eigenvalue weighted by Crippen LogP contribution is -2.48. The van der Waals surface area contributed by atoms with Gasteiger partial charge in [0.05, 0.1) is 6.61 Å². The van der Waals surface area contributed by atoms with Gasteiger partial charge >= 0.3 is 0 Å². The lowest BCUT2D eigenvalue weighted by Gasteiger charge is -2.27. The maximum absolute atomic E-state index is 12.0.